The van der Waals surface area contributed by atoms with Crippen molar-refractivity contribution in [3.05, 3.63) is 75.1 Å². The first kappa shape index (κ1) is 17.8. The minimum atomic E-state index is -4.83. The lowest BCUT2D eigenvalue weighted by molar-refractivity contribution is -0.388. The summed E-state index contributed by atoms with van der Waals surface area (Å²) in [4.78, 5) is 15.0. The molecule has 1 aliphatic heterocycles. The topological polar surface area (TPSA) is 64.7 Å². The van der Waals surface area contributed by atoms with E-state index in [9.17, 15) is 27.7 Å². The zero-order valence-electron chi connectivity index (χ0n) is 13.2. The van der Waals surface area contributed by atoms with E-state index < -0.39 is 34.3 Å². The van der Waals surface area contributed by atoms with Gasteiger partial charge in [-0.2, -0.15) is 13.2 Å². The zero-order valence-corrected chi connectivity index (χ0v) is 13.2. The number of nitro benzene ring substituents is 1. The highest BCUT2D eigenvalue weighted by atomic mass is 19.4. The fourth-order valence-corrected chi connectivity index (χ4v) is 2.71. The molecular formula is C17H12F4N2O3. The third-order valence-corrected chi connectivity index (χ3v) is 3.94. The molecule has 0 bridgehead atoms. The Labute approximate surface area is 145 Å². The normalized spacial score (nSPS) is 16.9. The highest BCUT2D eigenvalue weighted by Gasteiger charge is 2.38. The van der Waals surface area contributed by atoms with E-state index in [1.54, 1.807) is 0 Å². The van der Waals surface area contributed by atoms with Crippen LogP contribution in [0.25, 0.3) is 0 Å². The molecule has 0 aliphatic carbocycles. The Morgan fingerprint density at radius 2 is 1.88 bits per heavy atom. The summed E-state index contributed by atoms with van der Waals surface area (Å²) in [6.45, 7) is 0. The average molecular weight is 368 g/mol. The van der Waals surface area contributed by atoms with Gasteiger partial charge in [-0.3, -0.25) is 10.1 Å². The Morgan fingerprint density at radius 1 is 1.19 bits per heavy atom. The molecular weight excluding hydrogens is 356 g/mol. The summed E-state index contributed by atoms with van der Waals surface area (Å²) in [6, 6.07) is 8.49. The molecule has 0 aromatic heterocycles. The number of hydrogen-bond donors (Lipinski definition) is 0. The lowest BCUT2D eigenvalue weighted by Gasteiger charge is -2.12. The molecule has 1 unspecified atom stereocenters. The van der Waals surface area contributed by atoms with Gasteiger partial charge in [-0.05, 0) is 29.3 Å². The summed E-state index contributed by atoms with van der Waals surface area (Å²) in [6.07, 6.45) is -4.89. The van der Waals surface area contributed by atoms with Gasteiger partial charge in [-0.1, -0.05) is 23.4 Å². The van der Waals surface area contributed by atoms with Crippen molar-refractivity contribution in [1.82, 2.24) is 0 Å². The van der Waals surface area contributed by atoms with Gasteiger partial charge in [-0.25, -0.2) is 4.39 Å². The molecule has 9 heteroatoms. The Kier molecular flexibility index (Phi) is 4.62. The van der Waals surface area contributed by atoms with Crippen LogP contribution in [-0.4, -0.2) is 16.7 Å². The molecule has 26 heavy (non-hydrogen) atoms. The number of hydrogen-bond acceptors (Lipinski definition) is 4. The van der Waals surface area contributed by atoms with Crippen LogP contribution in [0.2, 0.25) is 0 Å². The van der Waals surface area contributed by atoms with Gasteiger partial charge in [0.2, 0.25) is 0 Å². The van der Waals surface area contributed by atoms with E-state index in [1.807, 2.05) is 0 Å². The summed E-state index contributed by atoms with van der Waals surface area (Å²) in [7, 11) is 0. The molecule has 136 valence electrons. The van der Waals surface area contributed by atoms with E-state index in [-0.39, 0.29) is 12.0 Å². The number of benzene rings is 2. The summed E-state index contributed by atoms with van der Waals surface area (Å²) in [5, 5.41) is 14.7. The lowest BCUT2D eigenvalue weighted by Crippen LogP contribution is -2.14. The van der Waals surface area contributed by atoms with Gasteiger partial charge in [0.15, 0.2) is 0 Å². The molecule has 5 nitrogen and oxygen atoms in total. The van der Waals surface area contributed by atoms with Crippen molar-refractivity contribution in [1.29, 1.82) is 0 Å². The number of oxime groups is 1. The standard InChI is InChI=1S/C17H12F4N2O3/c18-12-4-2-11(3-5-12)15-9-13(26-22-15)7-10-1-6-16(23(24)25)14(8-10)17(19,20)21/h1-6,8,13H,7,9H2. The Balaban J connectivity index is 1.74. The van der Waals surface area contributed by atoms with Crippen LogP contribution in [0.1, 0.15) is 23.1 Å². The van der Waals surface area contributed by atoms with E-state index in [0.29, 0.717) is 17.7 Å². The van der Waals surface area contributed by atoms with E-state index in [4.69, 9.17) is 4.84 Å². The SMILES string of the molecule is O=[N+]([O-])c1ccc(CC2CC(c3ccc(F)cc3)=NO2)cc1C(F)(F)F. The van der Waals surface area contributed by atoms with Crippen molar-refractivity contribution in [3.63, 3.8) is 0 Å². The van der Waals surface area contributed by atoms with Crippen molar-refractivity contribution in [3.8, 4) is 0 Å². The predicted octanol–water partition coefficient (Wildman–Crippen LogP) is 4.49. The van der Waals surface area contributed by atoms with E-state index in [2.05, 4.69) is 5.16 Å². The second-order valence-corrected chi connectivity index (χ2v) is 5.79. The van der Waals surface area contributed by atoms with Crippen LogP contribution in [-0.2, 0) is 17.4 Å². The van der Waals surface area contributed by atoms with Gasteiger partial charge in [0.25, 0.3) is 5.69 Å². The van der Waals surface area contributed by atoms with Crippen molar-refractivity contribution in [2.45, 2.75) is 25.1 Å². The smallest absolute Gasteiger partial charge is 0.391 e. The van der Waals surface area contributed by atoms with Gasteiger partial charge < -0.3 is 4.84 Å². The van der Waals surface area contributed by atoms with Gasteiger partial charge in [-0.15, -0.1) is 0 Å². The Morgan fingerprint density at radius 3 is 2.50 bits per heavy atom. The molecule has 3 rings (SSSR count). The molecule has 0 radical (unpaired) electrons. The monoisotopic (exact) mass is 368 g/mol. The Hall–Kier alpha value is -2.97. The predicted molar refractivity (Wildman–Crippen MR) is 84.2 cm³/mol. The van der Waals surface area contributed by atoms with Crippen molar-refractivity contribution in [2.75, 3.05) is 0 Å². The van der Waals surface area contributed by atoms with Crippen LogP contribution in [0, 0.1) is 15.9 Å². The molecule has 0 saturated carbocycles. The molecule has 1 heterocycles. The quantitative estimate of drug-likeness (QED) is 0.454. The third-order valence-electron chi connectivity index (χ3n) is 3.94. The first-order chi connectivity index (χ1) is 12.2. The highest BCUT2D eigenvalue weighted by molar-refractivity contribution is 6.01. The van der Waals surface area contributed by atoms with Gasteiger partial charge in [0, 0.05) is 18.9 Å². The number of nitrogens with zero attached hydrogens (tertiary/aromatic N) is 2. The van der Waals surface area contributed by atoms with Crippen LogP contribution >= 0.6 is 0 Å². The molecule has 2 aromatic rings. The minimum absolute atomic E-state index is 0.106. The van der Waals surface area contributed by atoms with Gasteiger partial charge in [0.05, 0.1) is 10.6 Å². The number of nitro groups is 1. The van der Waals surface area contributed by atoms with Crippen LogP contribution in [0.4, 0.5) is 23.2 Å². The molecule has 1 aliphatic rings. The molecule has 0 spiro atoms. The first-order valence-corrected chi connectivity index (χ1v) is 7.57. The van der Waals surface area contributed by atoms with Gasteiger partial charge >= 0.3 is 6.18 Å². The maximum absolute atomic E-state index is 13.0. The highest BCUT2D eigenvalue weighted by Crippen LogP contribution is 2.37. The number of halogens is 4. The summed E-state index contributed by atoms with van der Waals surface area (Å²) in [5.41, 5.74) is -0.806. The minimum Gasteiger partial charge on any atom is -0.391 e. The maximum atomic E-state index is 13.0. The van der Waals surface area contributed by atoms with E-state index >= 15 is 0 Å². The van der Waals surface area contributed by atoms with Crippen LogP contribution in [0.15, 0.2) is 47.6 Å². The fraction of sp³-hybridized carbons (Fsp3) is 0.235. The fourth-order valence-electron chi connectivity index (χ4n) is 2.71. The second kappa shape index (κ2) is 6.74. The van der Waals surface area contributed by atoms with Crippen LogP contribution in [0.3, 0.4) is 0 Å². The Bertz CT molecular complexity index is 863. The first-order valence-electron chi connectivity index (χ1n) is 7.57. The van der Waals surface area contributed by atoms with Crippen molar-refractivity contribution in [2.24, 2.45) is 5.16 Å². The van der Waals surface area contributed by atoms with Crippen molar-refractivity contribution < 1.29 is 27.3 Å². The molecule has 0 saturated heterocycles. The molecule has 0 fully saturated rings. The number of rotatable bonds is 4. The van der Waals surface area contributed by atoms with E-state index in [0.717, 1.165) is 12.1 Å². The lowest BCUT2D eigenvalue weighted by atomic mass is 9.98. The van der Waals surface area contributed by atoms with Crippen LogP contribution in [0.5, 0.6) is 0 Å². The maximum Gasteiger partial charge on any atom is 0.423 e. The van der Waals surface area contributed by atoms with Gasteiger partial charge in [0.1, 0.15) is 17.5 Å². The molecule has 0 amide bonds. The number of alkyl halides is 3. The van der Waals surface area contributed by atoms with E-state index in [1.165, 1.54) is 30.3 Å². The third kappa shape index (κ3) is 3.81. The van der Waals surface area contributed by atoms with Crippen LogP contribution < -0.4 is 0 Å². The summed E-state index contributed by atoms with van der Waals surface area (Å²) < 4.78 is 52.0. The zero-order chi connectivity index (χ0) is 18.9. The molecule has 1 atom stereocenters. The average Bonchev–Trinajstić information content (AvgIpc) is 3.03. The molecule has 0 N–H and O–H groups in total. The van der Waals surface area contributed by atoms with Crippen molar-refractivity contribution >= 4 is 11.4 Å². The second-order valence-electron chi connectivity index (χ2n) is 5.79. The summed E-state index contributed by atoms with van der Waals surface area (Å²) in [5.74, 6) is -0.393. The molecule has 2 aromatic carbocycles. The largest absolute Gasteiger partial charge is 0.423 e. The summed E-state index contributed by atoms with van der Waals surface area (Å²) >= 11 is 0.